The molecule has 3 aromatic rings. The topological polar surface area (TPSA) is 77.0 Å². The van der Waals surface area contributed by atoms with Crippen LogP contribution in [0, 0.1) is 0 Å². The Morgan fingerprint density at radius 1 is 0.955 bits per heavy atom. The maximum absolute atomic E-state index is 12.1. The number of hydrogen-bond acceptors (Lipinski definition) is 5. The van der Waals surface area contributed by atoms with Crippen molar-refractivity contribution in [2.24, 2.45) is 0 Å². The number of amides is 1. The highest BCUT2D eigenvalue weighted by Gasteiger charge is 2.07. The molecule has 0 aliphatic rings. The van der Waals surface area contributed by atoms with E-state index in [1.54, 1.807) is 67.3 Å². The Morgan fingerprint density at radius 2 is 1.73 bits per heavy atom. The summed E-state index contributed by atoms with van der Waals surface area (Å²) in [4.78, 5) is 24.0. The third-order valence-corrected chi connectivity index (χ3v) is 2.79. The Balaban J connectivity index is 1.67. The largest absolute Gasteiger partial charge is 0.424 e. The van der Waals surface area contributed by atoms with Crippen molar-refractivity contribution in [1.82, 2.24) is 15.0 Å². The minimum absolute atomic E-state index is 0.212. The number of hydrogen-bond donors (Lipinski definition) is 1. The molecule has 0 atom stereocenters. The van der Waals surface area contributed by atoms with Gasteiger partial charge in [0.2, 0.25) is 0 Å². The lowest BCUT2D eigenvalue weighted by Gasteiger charge is -2.06. The molecule has 3 rings (SSSR count). The van der Waals surface area contributed by atoms with Crippen molar-refractivity contribution in [2.45, 2.75) is 0 Å². The van der Waals surface area contributed by atoms with Crippen molar-refractivity contribution in [3.63, 3.8) is 0 Å². The fourth-order valence-electron chi connectivity index (χ4n) is 1.76. The zero-order valence-corrected chi connectivity index (χ0v) is 11.5. The summed E-state index contributed by atoms with van der Waals surface area (Å²) in [7, 11) is 0. The molecule has 108 valence electrons. The van der Waals surface area contributed by atoms with Crippen LogP contribution >= 0.6 is 0 Å². The minimum atomic E-state index is -0.212. The molecule has 6 nitrogen and oxygen atoms in total. The van der Waals surface area contributed by atoms with E-state index in [0.717, 1.165) is 0 Å². The quantitative estimate of drug-likeness (QED) is 0.800. The van der Waals surface area contributed by atoms with Crippen LogP contribution in [0.5, 0.6) is 11.8 Å². The first kappa shape index (κ1) is 13.7. The lowest BCUT2D eigenvalue weighted by molar-refractivity contribution is 0.102. The summed E-state index contributed by atoms with van der Waals surface area (Å²) in [6.07, 6.45) is 6.42. The van der Waals surface area contributed by atoms with Crippen LogP contribution in [0.1, 0.15) is 10.4 Å². The van der Waals surface area contributed by atoms with Crippen LogP contribution in [-0.2, 0) is 0 Å². The van der Waals surface area contributed by atoms with Crippen LogP contribution in [0.4, 0.5) is 5.69 Å². The first-order valence-electron chi connectivity index (χ1n) is 6.57. The van der Waals surface area contributed by atoms with Crippen LogP contribution in [0.15, 0.2) is 67.3 Å². The summed E-state index contributed by atoms with van der Waals surface area (Å²) in [6, 6.07) is 12.2. The van der Waals surface area contributed by atoms with Crippen molar-refractivity contribution in [1.29, 1.82) is 0 Å². The van der Waals surface area contributed by atoms with Crippen LogP contribution in [0.25, 0.3) is 0 Å². The molecule has 2 aromatic heterocycles. The van der Waals surface area contributed by atoms with Gasteiger partial charge in [-0.15, -0.1) is 0 Å². The first-order chi connectivity index (χ1) is 10.8. The Kier molecular flexibility index (Phi) is 4.01. The molecule has 0 saturated carbocycles. The number of pyridine rings is 1. The number of nitrogens with one attached hydrogen (secondary N) is 1. The Morgan fingerprint density at radius 3 is 2.41 bits per heavy atom. The summed E-state index contributed by atoms with van der Waals surface area (Å²) in [5.74, 6) is 0.347. The van der Waals surface area contributed by atoms with E-state index in [0.29, 0.717) is 17.0 Å². The van der Waals surface area contributed by atoms with Gasteiger partial charge in [-0.05, 0) is 42.5 Å². The number of benzene rings is 1. The number of nitrogens with zero attached hydrogens (tertiary/aromatic N) is 3. The van der Waals surface area contributed by atoms with E-state index in [9.17, 15) is 4.79 Å². The second-order valence-electron chi connectivity index (χ2n) is 4.35. The summed E-state index contributed by atoms with van der Waals surface area (Å²) < 4.78 is 5.47. The van der Waals surface area contributed by atoms with Gasteiger partial charge >= 0.3 is 6.01 Å². The Labute approximate surface area is 126 Å². The monoisotopic (exact) mass is 292 g/mol. The van der Waals surface area contributed by atoms with Gasteiger partial charge in [0.15, 0.2) is 0 Å². The van der Waals surface area contributed by atoms with Gasteiger partial charge in [-0.1, -0.05) is 0 Å². The second-order valence-corrected chi connectivity index (χ2v) is 4.35. The summed E-state index contributed by atoms with van der Waals surface area (Å²) >= 11 is 0. The van der Waals surface area contributed by atoms with Gasteiger partial charge in [-0.3, -0.25) is 9.78 Å². The Bertz CT molecular complexity index is 746. The van der Waals surface area contributed by atoms with Crippen LogP contribution in [0.3, 0.4) is 0 Å². The molecule has 22 heavy (non-hydrogen) atoms. The summed E-state index contributed by atoms with van der Waals surface area (Å²) in [6.45, 7) is 0. The molecular formula is C16H12N4O2. The van der Waals surface area contributed by atoms with Crippen molar-refractivity contribution in [3.8, 4) is 11.8 Å². The number of ether oxygens (including phenoxy) is 1. The van der Waals surface area contributed by atoms with E-state index in [-0.39, 0.29) is 11.9 Å². The molecule has 0 spiro atoms. The fourth-order valence-corrected chi connectivity index (χ4v) is 1.76. The molecule has 0 unspecified atom stereocenters. The molecule has 0 radical (unpaired) electrons. The van der Waals surface area contributed by atoms with E-state index >= 15 is 0 Å². The lowest BCUT2D eigenvalue weighted by atomic mass is 10.2. The van der Waals surface area contributed by atoms with Gasteiger partial charge in [0, 0.05) is 24.2 Å². The molecule has 0 aliphatic heterocycles. The third kappa shape index (κ3) is 3.43. The highest BCUT2D eigenvalue weighted by molar-refractivity contribution is 6.04. The van der Waals surface area contributed by atoms with Gasteiger partial charge in [-0.25, -0.2) is 9.97 Å². The van der Waals surface area contributed by atoms with E-state index in [2.05, 4.69) is 20.3 Å². The normalized spacial score (nSPS) is 10.0. The summed E-state index contributed by atoms with van der Waals surface area (Å²) in [5, 5.41) is 2.76. The number of carbonyl (C=O) groups excluding carboxylic acids is 1. The maximum Gasteiger partial charge on any atom is 0.321 e. The van der Waals surface area contributed by atoms with E-state index in [1.165, 1.54) is 0 Å². The van der Waals surface area contributed by atoms with E-state index in [1.807, 2.05) is 0 Å². The fraction of sp³-hybridized carbons (Fsp3) is 0. The first-order valence-corrected chi connectivity index (χ1v) is 6.57. The molecule has 0 bridgehead atoms. The van der Waals surface area contributed by atoms with Gasteiger partial charge < -0.3 is 10.1 Å². The number of rotatable bonds is 4. The van der Waals surface area contributed by atoms with Crippen molar-refractivity contribution in [2.75, 3.05) is 5.32 Å². The lowest BCUT2D eigenvalue weighted by Crippen LogP contribution is -2.11. The SMILES string of the molecule is O=C(Nc1cccnc1)c1ccc(Oc2ncccn2)cc1. The van der Waals surface area contributed by atoms with Crippen molar-refractivity contribution >= 4 is 11.6 Å². The molecule has 2 heterocycles. The average molecular weight is 292 g/mol. The minimum Gasteiger partial charge on any atom is -0.424 e. The van der Waals surface area contributed by atoms with Crippen LogP contribution in [0.2, 0.25) is 0 Å². The standard InChI is InChI=1S/C16H12N4O2/c21-15(20-13-3-1-8-17-11-13)12-4-6-14(7-5-12)22-16-18-9-2-10-19-16/h1-11H,(H,20,21). The van der Waals surface area contributed by atoms with Gasteiger partial charge in [0.05, 0.1) is 11.9 Å². The van der Waals surface area contributed by atoms with Gasteiger partial charge in [-0.2, -0.15) is 0 Å². The van der Waals surface area contributed by atoms with Crippen LogP contribution < -0.4 is 10.1 Å². The molecular weight excluding hydrogens is 280 g/mol. The molecule has 6 heteroatoms. The Hall–Kier alpha value is -3.28. The maximum atomic E-state index is 12.1. The van der Waals surface area contributed by atoms with E-state index < -0.39 is 0 Å². The highest BCUT2D eigenvalue weighted by Crippen LogP contribution is 2.18. The molecule has 0 aliphatic carbocycles. The highest BCUT2D eigenvalue weighted by atomic mass is 16.5. The molecule has 1 aromatic carbocycles. The number of anilines is 1. The zero-order chi connectivity index (χ0) is 15.2. The molecule has 1 amide bonds. The van der Waals surface area contributed by atoms with Crippen LogP contribution in [-0.4, -0.2) is 20.9 Å². The predicted molar refractivity (Wildman–Crippen MR) is 80.7 cm³/mol. The molecule has 0 saturated heterocycles. The molecule has 0 fully saturated rings. The number of carbonyl (C=O) groups is 1. The smallest absolute Gasteiger partial charge is 0.321 e. The second kappa shape index (κ2) is 6.45. The zero-order valence-electron chi connectivity index (χ0n) is 11.5. The average Bonchev–Trinajstić information content (AvgIpc) is 2.57. The number of aromatic nitrogens is 3. The van der Waals surface area contributed by atoms with Crippen molar-refractivity contribution in [3.05, 3.63) is 72.8 Å². The molecule has 1 N–H and O–H groups in total. The van der Waals surface area contributed by atoms with Gasteiger partial charge in [0.1, 0.15) is 5.75 Å². The third-order valence-electron chi connectivity index (χ3n) is 2.79. The van der Waals surface area contributed by atoms with Gasteiger partial charge in [0.25, 0.3) is 5.91 Å². The van der Waals surface area contributed by atoms with Crippen molar-refractivity contribution < 1.29 is 9.53 Å². The van der Waals surface area contributed by atoms with E-state index in [4.69, 9.17) is 4.74 Å². The summed E-state index contributed by atoms with van der Waals surface area (Å²) in [5.41, 5.74) is 1.16. The predicted octanol–water partition coefficient (Wildman–Crippen LogP) is 2.92.